The lowest BCUT2D eigenvalue weighted by Crippen LogP contribution is -2.24. The number of ether oxygens (including phenoxy) is 1. The lowest BCUT2D eigenvalue weighted by Gasteiger charge is -2.10. The normalized spacial score (nSPS) is 12.6. The highest BCUT2D eigenvalue weighted by Gasteiger charge is 2.19. The monoisotopic (exact) mass is 261 g/mol. The van der Waals surface area contributed by atoms with Crippen molar-refractivity contribution in [1.29, 1.82) is 0 Å². The van der Waals surface area contributed by atoms with E-state index in [1.165, 1.54) is 7.11 Å². The van der Waals surface area contributed by atoms with Gasteiger partial charge < -0.3 is 14.5 Å². The molecule has 2 aromatic rings. The number of likely N-dealkylation sites (N-methyl/N-ethyl adjacent to an activating group) is 1. The van der Waals surface area contributed by atoms with Crippen LogP contribution in [0.2, 0.25) is 0 Å². The van der Waals surface area contributed by atoms with E-state index >= 15 is 0 Å². The largest absolute Gasteiger partial charge is 0.464 e. The van der Waals surface area contributed by atoms with Crippen LogP contribution in [0.25, 0.3) is 5.52 Å². The maximum Gasteiger partial charge on any atom is 0.358 e. The Hall–Kier alpha value is -1.88. The van der Waals surface area contributed by atoms with Crippen molar-refractivity contribution in [3.05, 3.63) is 35.4 Å². The van der Waals surface area contributed by atoms with Crippen LogP contribution in [-0.2, 0) is 11.2 Å². The van der Waals surface area contributed by atoms with Crippen LogP contribution in [0.4, 0.5) is 0 Å². The number of hydrogen-bond donors (Lipinski definition) is 1. The standard InChI is InChI=1S/C14H19N3O2/c1-9(15-3)8-12-16-13(14(18)19-4)11-7-5-6-10(2)17(11)12/h5-7,9,15H,8H2,1-4H3. The number of nitrogens with one attached hydrogen (secondary N) is 1. The van der Waals surface area contributed by atoms with Gasteiger partial charge in [0, 0.05) is 18.2 Å². The highest BCUT2D eigenvalue weighted by atomic mass is 16.5. The highest BCUT2D eigenvalue weighted by Crippen LogP contribution is 2.17. The summed E-state index contributed by atoms with van der Waals surface area (Å²) in [6.45, 7) is 4.08. The minimum Gasteiger partial charge on any atom is -0.464 e. The van der Waals surface area contributed by atoms with E-state index in [4.69, 9.17) is 4.74 Å². The molecule has 0 spiro atoms. The Morgan fingerprint density at radius 2 is 2.26 bits per heavy atom. The number of aromatic nitrogens is 2. The first-order valence-electron chi connectivity index (χ1n) is 6.31. The Balaban J connectivity index is 2.60. The number of carbonyl (C=O) groups excluding carboxylic acids is 1. The van der Waals surface area contributed by atoms with E-state index in [-0.39, 0.29) is 6.04 Å². The Kier molecular flexibility index (Phi) is 3.85. The molecule has 0 saturated heterocycles. The van der Waals surface area contributed by atoms with E-state index in [0.717, 1.165) is 23.5 Å². The minimum absolute atomic E-state index is 0.288. The molecule has 0 aliphatic rings. The number of carbonyl (C=O) groups is 1. The second-order valence-electron chi connectivity index (χ2n) is 4.65. The van der Waals surface area contributed by atoms with Crippen molar-refractivity contribution in [2.75, 3.05) is 14.2 Å². The molecule has 102 valence electrons. The number of imidazole rings is 1. The Morgan fingerprint density at radius 3 is 2.89 bits per heavy atom. The molecular formula is C14H19N3O2. The minimum atomic E-state index is -0.397. The third-order valence-corrected chi connectivity index (χ3v) is 3.29. The number of aryl methyl sites for hydroxylation is 1. The molecule has 1 N–H and O–H groups in total. The van der Waals surface area contributed by atoms with Gasteiger partial charge in [0.1, 0.15) is 5.82 Å². The van der Waals surface area contributed by atoms with Gasteiger partial charge in [-0.2, -0.15) is 0 Å². The van der Waals surface area contributed by atoms with Crippen molar-refractivity contribution in [3.8, 4) is 0 Å². The summed E-state index contributed by atoms with van der Waals surface area (Å²) in [4.78, 5) is 16.3. The van der Waals surface area contributed by atoms with Crippen molar-refractivity contribution in [3.63, 3.8) is 0 Å². The van der Waals surface area contributed by atoms with Crippen LogP contribution in [0, 0.1) is 6.92 Å². The molecular weight excluding hydrogens is 242 g/mol. The number of hydrogen-bond acceptors (Lipinski definition) is 4. The summed E-state index contributed by atoms with van der Waals surface area (Å²) >= 11 is 0. The average Bonchev–Trinajstić information content (AvgIpc) is 2.78. The van der Waals surface area contributed by atoms with E-state index < -0.39 is 5.97 Å². The molecule has 0 aliphatic heterocycles. The second kappa shape index (κ2) is 5.40. The van der Waals surface area contributed by atoms with Crippen LogP contribution in [0.15, 0.2) is 18.2 Å². The van der Waals surface area contributed by atoms with Gasteiger partial charge in [0.15, 0.2) is 5.69 Å². The van der Waals surface area contributed by atoms with Crippen molar-refractivity contribution in [2.24, 2.45) is 0 Å². The molecule has 1 atom stereocenters. The summed E-state index contributed by atoms with van der Waals surface area (Å²) in [5.41, 5.74) is 2.23. The van der Waals surface area contributed by atoms with Crippen LogP contribution in [0.3, 0.4) is 0 Å². The number of fused-ring (bicyclic) bond motifs is 1. The van der Waals surface area contributed by atoms with Gasteiger partial charge in [-0.15, -0.1) is 0 Å². The predicted octanol–water partition coefficient (Wildman–Crippen LogP) is 1.58. The molecule has 19 heavy (non-hydrogen) atoms. The van der Waals surface area contributed by atoms with Crippen molar-refractivity contribution in [2.45, 2.75) is 26.3 Å². The van der Waals surface area contributed by atoms with Crippen LogP contribution in [-0.4, -0.2) is 35.6 Å². The lowest BCUT2D eigenvalue weighted by molar-refractivity contribution is 0.0597. The van der Waals surface area contributed by atoms with E-state index in [0.29, 0.717) is 5.69 Å². The number of esters is 1. The molecule has 0 amide bonds. The van der Waals surface area contributed by atoms with Gasteiger partial charge in [-0.05, 0) is 33.0 Å². The molecule has 5 heteroatoms. The molecule has 5 nitrogen and oxygen atoms in total. The Morgan fingerprint density at radius 1 is 1.53 bits per heavy atom. The molecule has 2 heterocycles. The summed E-state index contributed by atoms with van der Waals surface area (Å²) in [5, 5.41) is 3.18. The van der Waals surface area contributed by atoms with Crippen molar-refractivity contribution in [1.82, 2.24) is 14.7 Å². The SMILES string of the molecule is CNC(C)Cc1nc(C(=O)OC)c2cccc(C)n12. The molecule has 0 fully saturated rings. The summed E-state index contributed by atoms with van der Waals surface area (Å²) < 4.78 is 6.81. The highest BCUT2D eigenvalue weighted by molar-refractivity contribution is 5.95. The smallest absolute Gasteiger partial charge is 0.358 e. The number of nitrogens with zero attached hydrogens (tertiary/aromatic N) is 2. The fourth-order valence-electron chi connectivity index (χ4n) is 2.14. The van der Waals surface area contributed by atoms with E-state index in [2.05, 4.69) is 17.2 Å². The van der Waals surface area contributed by atoms with Gasteiger partial charge in [-0.3, -0.25) is 0 Å². The molecule has 1 unspecified atom stereocenters. The van der Waals surface area contributed by atoms with Gasteiger partial charge in [0.25, 0.3) is 0 Å². The third-order valence-electron chi connectivity index (χ3n) is 3.29. The van der Waals surface area contributed by atoms with E-state index in [1.807, 2.05) is 36.6 Å². The third kappa shape index (κ3) is 2.46. The predicted molar refractivity (Wildman–Crippen MR) is 73.5 cm³/mol. The lowest BCUT2D eigenvalue weighted by atomic mass is 10.2. The first-order valence-corrected chi connectivity index (χ1v) is 6.31. The van der Waals surface area contributed by atoms with Gasteiger partial charge in [-0.25, -0.2) is 9.78 Å². The molecule has 0 bridgehead atoms. The van der Waals surface area contributed by atoms with E-state index in [9.17, 15) is 4.79 Å². The Bertz CT molecular complexity index is 604. The van der Waals surface area contributed by atoms with Crippen molar-refractivity contribution >= 4 is 11.5 Å². The topological polar surface area (TPSA) is 55.6 Å². The first kappa shape index (κ1) is 13.5. The van der Waals surface area contributed by atoms with Gasteiger partial charge in [-0.1, -0.05) is 6.07 Å². The number of methoxy groups -OCH3 is 1. The molecule has 2 rings (SSSR count). The fourth-order valence-corrected chi connectivity index (χ4v) is 2.14. The van der Waals surface area contributed by atoms with Gasteiger partial charge in [0.2, 0.25) is 0 Å². The van der Waals surface area contributed by atoms with Gasteiger partial charge in [0.05, 0.1) is 12.6 Å². The van der Waals surface area contributed by atoms with E-state index in [1.54, 1.807) is 0 Å². The second-order valence-corrected chi connectivity index (χ2v) is 4.65. The van der Waals surface area contributed by atoms with Gasteiger partial charge >= 0.3 is 5.97 Å². The maximum atomic E-state index is 11.8. The molecule has 2 aromatic heterocycles. The Labute approximate surface area is 112 Å². The maximum absolute atomic E-state index is 11.8. The molecule has 0 aliphatic carbocycles. The molecule has 0 saturated carbocycles. The molecule has 0 aromatic carbocycles. The zero-order valence-electron chi connectivity index (χ0n) is 11.7. The zero-order valence-corrected chi connectivity index (χ0v) is 11.7. The van der Waals surface area contributed by atoms with Crippen LogP contribution in [0.1, 0.15) is 28.9 Å². The summed E-state index contributed by atoms with van der Waals surface area (Å²) in [6, 6.07) is 6.10. The average molecular weight is 261 g/mol. The fraction of sp³-hybridized carbons (Fsp3) is 0.429. The van der Waals surface area contributed by atoms with Crippen LogP contribution in [0.5, 0.6) is 0 Å². The summed E-state index contributed by atoms with van der Waals surface area (Å²) in [6.07, 6.45) is 0.750. The van der Waals surface area contributed by atoms with Crippen LogP contribution < -0.4 is 5.32 Å². The quantitative estimate of drug-likeness (QED) is 0.849. The van der Waals surface area contributed by atoms with Crippen LogP contribution >= 0.6 is 0 Å². The van der Waals surface area contributed by atoms with Crippen molar-refractivity contribution < 1.29 is 9.53 Å². The number of pyridine rings is 1. The summed E-state index contributed by atoms with van der Waals surface area (Å²) in [5.74, 6) is 0.474. The summed E-state index contributed by atoms with van der Waals surface area (Å²) in [7, 11) is 3.29. The molecule has 0 radical (unpaired) electrons. The first-order chi connectivity index (χ1) is 9.08. The number of rotatable bonds is 4. The zero-order chi connectivity index (χ0) is 14.0.